The highest BCUT2D eigenvalue weighted by molar-refractivity contribution is 8.01. The lowest BCUT2D eigenvalue weighted by atomic mass is 10.3. The Morgan fingerprint density at radius 1 is 1.53 bits per heavy atom. The molecule has 84 valence electrons. The van der Waals surface area contributed by atoms with Crippen molar-refractivity contribution in [2.75, 3.05) is 6.54 Å². The van der Waals surface area contributed by atoms with E-state index in [2.05, 4.69) is 0 Å². The van der Waals surface area contributed by atoms with Crippen LogP contribution in [-0.2, 0) is 9.59 Å². The summed E-state index contributed by atoms with van der Waals surface area (Å²) in [5.74, 6) is 0.0111. The minimum absolute atomic E-state index is 0.00391. The van der Waals surface area contributed by atoms with Crippen LogP contribution >= 0.6 is 11.8 Å². The van der Waals surface area contributed by atoms with E-state index in [0.29, 0.717) is 13.0 Å². The first-order valence-electron chi connectivity index (χ1n) is 5.35. The molecule has 5 heteroatoms. The fraction of sp³-hybridized carbons (Fsp3) is 0.800. The number of nitrogens with zero attached hydrogens (tertiary/aromatic N) is 1. The van der Waals surface area contributed by atoms with Gasteiger partial charge in [0.15, 0.2) is 0 Å². The van der Waals surface area contributed by atoms with Gasteiger partial charge in [-0.25, -0.2) is 0 Å². The van der Waals surface area contributed by atoms with Crippen LogP contribution in [0.3, 0.4) is 0 Å². The Bertz CT molecular complexity index is 291. The topological polar surface area (TPSA) is 63.4 Å². The maximum Gasteiger partial charge on any atom is 0.243 e. The minimum Gasteiger partial charge on any atom is -0.329 e. The summed E-state index contributed by atoms with van der Waals surface area (Å²) in [5.41, 5.74) is 5.51. The van der Waals surface area contributed by atoms with Gasteiger partial charge in [0.1, 0.15) is 0 Å². The first-order valence-corrected chi connectivity index (χ1v) is 6.29. The molecular formula is C10H16N2O2S. The lowest BCUT2D eigenvalue weighted by Crippen LogP contribution is -2.33. The van der Waals surface area contributed by atoms with Crippen LogP contribution in [0.15, 0.2) is 0 Å². The zero-order valence-electron chi connectivity index (χ0n) is 8.81. The van der Waals surface area contributed by atoms with Gasteiger partial charge in [-0.2, -0.15) is 0 Å². The summed E-state index contributed by atoms with van der Waals surface area (Å²) in [6.45, 7) is 2.54. The van der Waals surface area contributed by atoms with Crippen LogP contribution in [0.1, 0.15) is 26.2 Å². The van der Waals surface area contributed by atoms with Crippen LogP contribution in [0.5, 0.6) is 0 Å². The molecule has 2 rings (SSSR count). The number of nitrogens with two attached hydrogens (primary N) is 1. The third-order valence-electron chi connectivity index (χ3n) is 2.78. The van der Waals surface area contributed by atoms with Crippen molar-refractivity contribution in [3.63, 3.8) is 0 Å². The predicted molar refractivity (Wildman–Crippen MR) is 59.4 cm³/mol. The van der Waals surface area contributed by atoms with Crippen molar-refractivity contribution in [3.8, 4) is 0 Å². The van der Waals surface area contributed by atoms with Gasteiger partial charge in [0, 0.05) is 24.3 Å². The van der Waals surface area contributed by atoms with Gasteiger partial charge >= 0.3 is 0 Å². The lowest BCUT2D eigenvalue weighted by Gasteiger charge is -2.15. The van der Waals surface area contributed by atoms with Crippen LogP contribution in [0.2, 0.25) is 0 Å². The van der Waals surface area contributed by atoms with E-state index in [1.165, 1.54) is 16.7 Å². The maximum atomic E-state index is 11.9. The average Bonchev–Trinajstić information content (AvgIpc) is 2.97. The highest BCUT2D eigenvalue weighted by Gasteiger charge is 2.46. The Kier molecular flexibility index (Phi) is 3.02. The smallest absolute Gasteiger partial charge is 0.243 e. The number of rotatable bonds is 4. The van der Waals surface area contributed by atoms with Crippen molar-refractivity contribution >= 4 is 23.6 Å². The normalized spacial score (nSPS) is 28.7. The van der Waals surface area contributed by atoms with Crippen molar-refractivity contribution in [2.45, 2.75) is 42.7 Å². The van der Waals surface area contributed by atoms with Gasteiger partial charge in [-0.1, -0.05) is 6.92 Å². The molecule has 1 saturated carbocycles. The highest BCUT2D eigenvalue weighted by Crippen LogP contribution is 2.35. The molecule has 2 unspecified atom stereocenters. The standard InChI is InChI=1S/C10H16N2O2S/c1-6(5-11)15-8-4-9(13)12(10(8)14)7-2-3-7/h6-8H,2-5,11H2,1H3. The van der Waals surface area contributed by atoms with Crippen molar-refractivity contribution in [1.29, 1.82) is 0 Å². The summed E-state index contributed by atoms with van der Waals surface area (Å²) in [4.78, 5) is 25.0. The fourth-order valence-electron chi connectivity index (χ4n) is 1.78. The number of imide groups is 1. The molecule has 1 aliphatic carbocycles. The Morgan fingerprint density at radius 3 is 2.73 bits per heavy atom. The van der Waals surface area contributed by atoms with Gasteiger partial charge in [-0.05, 0) is 12.8 Å². The van der Waals surface area contributed by atoms with E-state index in [4.69, 9.17) is 5.73 Å². The summed E-state index contributed by atoms with van der Waals surface area (Å²) < 4.78 is 0. The first-order chi connectivity index (χ1) is 7.13. The third kappa shape index (κ3) is 2.18. The van der Waals surface area contributed by atoms with Crippen LogP contribution in [0.4, 0.5) is 0 Å². The van der Waals surface area contributed by atoms with Crippen LogP contribution in [0, 0.1) is 0 Å². The Morgan fingerprint density at radius 2 is 2.20 bits per heavy atom. The molecule has 2 N–H and O–H groups in total. The van der Waals surface area contributed by atoms with Crippen LogP contribution < -0.4 is 5.73 Å². The molecule has 2 atom stereocenters. The van der Waals surface area contributed by atoms with Crippen LogP contribution in [0.25, 0.3) is 0 Å². The van der Waals surface area contributed by atoms with Gasteiger partial charge < -0.3 is 5.73 Å². The maximum absolute atomic E-state index is 11.9. The molecule has 0 aromatic heterocycles. The highest BCUT2D eigenvalue weighted by atomic mass is 32.2. The van der Waals surface area contributed by atoms with Crippen molar-refractivity contribution in [3.05, 3.63) is 0 Å². The molecular weight excluding hydrogens is 212 g/mol. The predicted octanol–water partition coefficient (Wildman–Crippen LogP) is 0.357. The number of thioether (sulfide) groups is 1. The van der Waals surface area contributed by atoms with Gasteiger partial charge in [0.2, 0.25) is 11.8 Å². The summed E-state index contributed by atoms with van der Waals surface area (Å²) in [5, 5.41) is 0.0579. The van der Waals surface area contributed by atoms with Crippen molar-refractivity contribution in [1.82, 2.24) is 4.90 Å². The summed E-state index contributed by atoms with van der Waals surface area (Å²) in [6.07, 6.45) is 2.34. The monoisotopic (exact) mass is 228 g/mol. The minimum atomic E-state index is -0.184. The molecule has 2 amide bonds. The molecule has 0 spiro atoms. The third-order valence-corrected chi connectivity index (χ3v) is 4.14. The zero-order valence-corrected chi connectivity index (χ0v) is 9.63. The number of carbonyl (C=O) groups excluding carboxylic acids is 2. The second-order valence-corrected chi connectivity index (χ2v) is 5.85. The van der Waals surface area contributed by atoms with E-state index in [1.54, 1.807) is 0 Å². The molecule has 1 heterocycles. The molecule has 15 heavy (non-hydrogen) atoms. The van der Waals surface area contributed by atoms with Crippen LogP contribution in [-0.4, -0.2) is 39.8 Å². The molecule has 0 aromatic carbocycles. The molecule has 4 nitrogen and oxygen atoms in total. The van der Waals surface area contributed by atoms with E-state index < -0.39 is 0 Å². The SMILES string of the molecule is CC(CN)SC1CC(=O)N(C2CC2)C1=O. The summed E-state index contributed by atoms with van der Waals surface area (Å²) in [7, 11) is 0. The largest absolute Gasteiger partial charge is 0.329 e. The summed E-state index contributed by atoms with van der Waals surface area (Å²) in [6, 6.07) is 0.212. The zero-order chi connectivity index (χ0) is 11.0. The Hall–Kier alpha value is -0.550. The Labute approximate surface area is 93.6 Å². The molecule has 2 aliphatic rings. The first kappa shape index (κ1) is 11.0. The van der Waals surface area contributed by atoms with Gasteiger partial charge in [0.05, 0.1) is 5.25 Å². The number of hydrogen-bond donors (Lipinski definition) is 1. The van der Waals surface area contributed by atoms with E-state index in [9.17, 15) is 9.59 Å². The second-order valence-electron chi connectivity index (χ2n) is 4.21. The molecule has 2 fully saturated rings. The average molecular weight is 228 g/mol. The van der Waals surface area contributed by atoms with E-state index in [-0.39, 0.29) is 28.4 Å². The lowest BCUT2D eigenvalue weighted by molar-refractivity contribution is -0.138. The molecule has 1 aliphatic heterocycles. The van der Waals surface area contributed by atoms with Gasteiger partial charge in [0.25, 0.3) is 0 Å². The number of carbonyl (C=O) groups is 2. The van der Waals surface area contributed by atoms with E-state index in [1.807, 2.05) is 6.92 Å². The molecule has 0 bridgehead atoms. The number of hydrogen-bond acceptors (Lipinski definition) is 4. The van der Waals surface area contributed by atoms with Gasteiger partial charge in [-0.3, -0.25) is 14.5 Å². The summed E-state index contributed by atoms with van der Waals surface area (Å²) >= 11 is 1.53. The van der Waals surface area contributed by atoms with Crippen molar-refractivity contribution in [2.24, 2.45) is 5.73 Å². The quantitative estimate of drug-likeness (QED) is 0.706. The molecule has 0 aromatic rings. The molecule has 1 saturated heterocycles. The molecule has 0 radical (unpaired) electrons. The number of likely N-dealkylation sites (tertiary alicyclic amines) is 1. The number of amides is 2. The second kappa shape index (κ2) is 4.14. The van der Waals surface area contributed by atoms with E-state index >= 15 is 0 Å². The fourth-order valence-corrected chi connectivity index (χ4v) is 2.92. The van der Waals surface area contributed by atoms with Crippen molar-refractivity contribution < 1.29 is 9.59 Å². The Balaban J connectivity index is 1.98. The van der Waals surface area contributed by atoms with Gasteiger partial charge in [-0.15, -0.1) is 11.8 Å². The van der Waals surface area contributed by atoms with E-state index in [0.717, 1.165) is 12.8 Å².